The Kier molecular flexibility index (Phi) is 5.36. The quantitative estimate of drug-likeness (QED) is 0.337. The van der Waals surface area contributed by atoms with Crippen molar-refractivity contribution in [2.45, 2.75) is 37.8 Å². The molecule has 6 rings (SSSR count). The zero-order valence-electron chi connectivity index (χ0n) is 18.5. The largest absolute Gasteiger partial charge is 0.393 e. The molecule has 7 heteroatoms. The molecule has 3 heterocycles. The number of thiophene rings is 1. The number of aliphatic hydroxyl groups is 1. The van der Waals surface area contributed by atoms with Crippen LogP contribution in [0.2, 0.25) is 0 Å². The Labute approximate surface area is 200 Å². The smallest absolute Gasteiger partial charge is 0.258 e. The van der Waals surface area contributed by atoms with Crippen molar-refractivity contribution in [2.75, 3.05) is 5.32 Å². The Hall–Kier alpha value is -3.55. The highest BCUT2D eigenvalue weighted by molar-refractivity contribution is 7.17. The lowest BCUT2D eigenvalue weighted by Crippen LogP contribution is -2.23. The van der Waals surface area contributed by atoms with E-state index >= 15 is 0 Å². The second-order valence-corrected chi connectivity index (χ2v) is 9.70. The van der Waals surface area contributed by atoms with E-state index in [4.69, 9.17) is 4.98 Å². The Bertz CT molecular complexity index is 1500. The topological polar surface area (TPSA) is 80.0 Å². The molecule has 0 bridgehead atoms. The van der Waals surface area contributed by atoms with Crippen LogP contribution in [0.5, 0.6) is 0 Å². The first-order valence-corrected chi connectivity index (χ1v) is 12.4. The zero-order chi connectivity index (χ0) is 23.1. The van der Waals surface area contributed by atoms with Gasteiger partial charge in [0.2, 0.25) is 5.95 Å². The van der Waals surface area contributed by atoms with Gasteiger partial charge in [0.1, 0.15) is 0 Å². The van der Waals surface area contributed by atoms with Crippen molar-refractivity contribution in [1.29, 1.82) is 0 Å². The lowest BCUT2D eigenvalue weighted by atomic mass is 9.93. The van der Waals surface area contributed by atoms with Gasteiger partial charge in [-0.05, 0) is 56.0 Å². The number of amides is 1. The fraction of sp³-hybridized carbons (Fsp3) is 0.222. The summed E-state index contributed by atoms with van der Waals surface area (Å²) in [6.07, 6.45) is 4.67. The van der Waals surface area contributed by atoms with Crippen LogP contribution in [0.25, 0.3) is 32.4 Å². The van der Waals surface area contributed by atoms with E-state index in [1.807, 2.05) is 42.5 Å². The number of fused-ring (bicyclic) bond motifs is 2. The van der Waals surface area contributed by atoms with Crippen LogP contribution in [-0.2, 0) is 0 Å². The monoisotopic (exact) mass is 468 g/mol. The van der Waals surface area contributed by atoms with Gasteiger partial charge in [0.15, 0.2) is 0 Å². The van der Waals surface area contributed by atoms with Gasteiger partial charge in [0.05, 0.1) is 22.8 Å². The van der Waals surface area contributed by atoms with E-state index in [0.29, 0.717) is 11.5 Å². The van der Waals surface area contributed by atoms with Crippen LogP contribution in [0.3, 0.4) is 0 Å². The molecule has 170 valence electrons. The van der Waals surface area contributed by atoms with Gasteiger partial charge in [0.25, 0.3) is 5.91 Å². The number of hydrogen-bond donors (Lipinski definition) is 2. The van der Waals surface area contributed by atoms with E-state index in [1.165, 1.54) is 4.70 Å². The summed E-state index contributed by atoms with van der Waals surface area (Å²) in [4.78, 5) is 22.6. The third-order valence-corrected chi connectivity index (χ3v) is 7.60. The number of carbonyl (C=O) groups excluding carboxylic acids is 1. The van der Waals surface area contributed by atoms with Gasteiger partial charge in [-0.25, -0.2) is 4.98 Å². The van der Waals surface area contributed by atoms with E-state index in [0.717, 1.165) is 53.4 Å². The molecule has 5 aromatic rings. The zero-order valence-corrected chi connectivity index (χ0v) is 19.3. The van der Waals surface area contributed by atoms with Crippen LogP contribution in [0.4, 0.5) is 5.95 Å². The summed E-state index contributed by atoms with van der Waals surface area (Å²) in [7, 11) is 0. The van der Waals surface area contributed by atoms with Gasteiger partial charge < -0.3 is 9.67 Å². The molecule has 6 nitrogen and oxygen atoms in total. The fourth-order valence-electron chi connectivity index (χ4n) is 4.89. The molecule has 0 spiro atoms. The molecule has 0 saturated heterocycles. The third-order valence-electron chi connectivity index (χ3n) is 6.63. The molecule has 0 aliphatic heterocycles. The van der Waals surface area contributed by atoms with E-state index in [2.05, 4.69) is 32.4 Å². The summed E-state index contributed by atoms with van der Waals surface area (Å²) in [5.41, 5.74) is 4.20. The molecule has 1 amide bonds. The second kappa shape index (κ2) is 8.66. The van der Waals surface area contributed by atoms with Crippen molar-refractivity contribution in [3.8, 4) is 11.3 Å². The van der Waals surface area contributed by atoms with Crippen LogP contribution in [0.15, 0.2) is 72.2 Å². The lowest BCUT2D eigenvalue weighted by molar-refractivity contribution is 0.102. The Morgan fingerprint density at radius 3 is 2.71 bits per heavy atom. The number of aliphatic hydroxyl groups excluding tert-OH is 1. The number of nitrogens with zero attached hydrogens (tertiary/aromatic N) is 3. The molecule has 0 radical (unpaired) electrons. The number of para-hydroxylation sites is 2. The fourth-order valence-corrected chi connectivity index (χ4v) is 5.84. The molecular formula is C27H24N4O2S. The Morgan fingerprint density at radius 2 is 1.82 bits per heavy atom. The molecule has 2 aromatic carbocycles. The van der Waals surface area contributed by atoms with Crippen LogP contribution < -0.4 is 5.32 Å². The van der Waals surface area contributed by atoms with Crippen molar-refractivity contribution >= 4 is 44.3 Å². The van der Waals surface area contributed by atoms with Gasteiger partial charge in [-0.15, -0.1) is 11.3 Å². The maximum atomic E-state index is 13.3. The standard InChI is InChI=1S/C27H24N4O2S/c32-19-11-9-18(10-12-19)31-24-7-3-2-6-22(24)29-27(31)30-26(33)17-13-14-28-23(15-17)21-16-34-25-8-4-1-5-20(21)25/h1-8,13-16,18-19,32H,9-12H2,(H,29,30,33). The molecular weight excluding hydrogens is 444 g/mol. The number of nitrogens with one attached hydrogen (secondary N) is 1. The van der Waals surface area contributed by atoms with Gasteiger partial charge in [-0.2, -0.15) is 0 Å². The number of rotatable bonds is 4. The number of carbonyl (C=O) groups is 1. The predicted octanol–water partition coefficient (Wildman–Crippen LogP) is 6.04. The van der Waals surface area contributed by atoms with Gasteiger partial charge in [0, 0.05) is 38.8 Å². The first-order valence-electron chi connectivity index (χ1n) is 11.6. The SMILES string of the molecule is O=C(Nc1nc2ccccc2n1C1CCC(O)CC1)c1ccnc(-c2csc3ccccc23)c1. The Morgan fingerprint density at radius 1 is 1.03 bits per heavy atom. The minimum Gasteiger partial charge on any atom is -0.393 e. The molecule has 2 N–H and O–H groups in total. The average molecular weight is 469 g/mol. The molecule has 0 unspecified atom stereocenters. The number of hydrogen-bond acceptors (Lipinski definition) is 5. The molecule has 1 aliphatic carbocycles. The highest BCUT2D eigenvalue weighted by Crippen LogP contribution is 2.35. The third kappa shape index (κ3) is 3.77. The molecule has 0 atom stereocenters. The minimum absolute atomic E-state index is 0.191. The van der Waals surface area contributed by atoms with E-state index in [-0.39, 0.29) is 18.1 Å². The predicted molar refractivity (Wildman–Crippen MR) is 136 cm³/mol. The highest BCUT2D eigenvalue weighted by Gasteiger charge is 2.25. The van der Waals surface area contributed by atoms with Gasteiger partial charge in [-0.1, -0.05) is 30.3 Å². The summed E-state index contributed by atoms with van der Waals surface area (Å²) < 4.78 is 3.33. The van der Waals surface area contributed by atoms with Crippen molar-refractivity contribution in [1.82, 2.24) is 14.5 Å². The molecule has 1 saturated carbocycles. The molecule has 34 heavy (non-hydrogen) atoms. The summed E-state index contributed by atoms with van der Waals surface area (Å²) in [5, 5.41) is 16.3. The van der Waals surface area contributed by atoms with Crippen LogP contribution >= 0.6 is 11.3 Å². The maximum Gasteiger partial charge on any atom is 0.258 e. The average Bonchev–Trinajstić information content (AvgIpc) is 3.46. The van der Waals surface area contributed by atoms with E-state index in [1.54, 1.807) is 23.6 Å². The van der Waals surface area contributed by atoms with Gasteiger partial charge in [-0.3, -0.25) is 15.1 Å². The van der Waals surface area contributed by atoms with Crippen molar-refractivity contribution in [3.05, 3.63) is 77.8 Å². The molecule has 3 aromatic heterocycles. The van der Waals surface area contributed by atoms with E-state index in [9.17, 15) is 9.90 Å². The Balaban J connectivity index is 1.34. The summed E-state index contributed by atoms with van der Waals surface area (Å²) in [5.74, 6) is 0.336. The number of benzene rings is 2. The van der Waals surface area contributed by atoms with Crippen LogP contribution in [-0.4, -0.2) is 31.7 Å². The summed E-state index contributed by atoms with van der Waals surface area (Å²) in [6, 6.07) is 19.9. The first kappa shape index (κ1) is 21.0. The van der Waals surface area contributed by atoms with Crippen molar-refractivity contribution in [3.63, 3.8) is 0 Å². The number of imidazole rings is 1. The lowest BCUT2D eigenvalue weighted by Gasteiger charge is -2.28. The summed E-state index contributed by atoms with van der Waals surface area (Å²) in [6.45, 7) is 0. The van der Waals surface area contributed by atoms with Crippen molar-refractivity contribution < 1.29 is 9.90 Å². The highest BCUT2D eigenvalue weighted by atomic mass is 32.1. The van der Waals surface area contributed by atoms with E-state index < -0.39 is 0 Å². The van der Waals surface area contributed by atoms with Crippen LogP contribution in [0.1, 0.15) is 42.1 Å². The first-order chi connectivity index (χ1) is 16.7. The minimum atomic E-state index is -0.243. The number of aromatic nitrogens is 3. The number of pyridine rings is 1. The molecule has 1 aliphatic rings. The molecule has 1 fully saturated rings. The van der Waals surface area contributed by atoms with Crippen LogP contribution in [0, 0.1) is 0 Å². The van der Waals surface area contributed by atoms with Crippen molar-refractivity contribution in [2.24, 2.45) is 0 Å². The van der Waals surface area contributed by atoms with Gasteiger partial charge >= 0.3 is 0 Å². The second-order valence-electron chi connectivity index (χ2n) is 8.79. The number of anilines is 1. The summed E-state index contributed by atoms with van der Waals surface area (Å²) >= 11 is 1.67. The maximum absolute atomic E-state index is 13.3. The normalized spacial score (nSPS) is 18.4.